The third-order valence-electron chi connectivity index (χ3n) is 5.76. The summed E-state index contributed by atoms with van der Waals surface area (Å²) in [5, 5.41) is 2.86. The highest BCUT2D eigenvalue weighted by Gasteiger charge is 2.49. The lowest BCUT2D eigenvalue weighted by Crippen LogP contribution is -2.69. The van der Waals surface area contributed by atoms with Crippen LogP contribution in [0.25, 0.3) is 0 Å². The number of hydrogen-bond donors (Lipinski definition) is 1. The summed E-state index contributed by atoms with van der Waals surface area (Å²) in [5.74, 6) is 0.0154. The van der Waals surface area contributed by atoms with Crippen molar-refractivity contribution in [3.63, 3.8) is 0 Å². The van der Waals surface area contributed by atoms with E-state index < -0.39 is 27.4 Å². The zero-order chi connectivity index (χ0) is 24.2. The molecule has 178 valence electrons. The SMILES string of the molecule is COc1cccc(CN2C(=O)CN(S(C)(=O)=O)CC2(C)C(=O)NCc2ccccc2)c1OC. The highest BCUT2D eigenvalue weighted by molar-refractivity contribution is 7.88. The quantitative estimate of drug-likeness (QED) is 0.619. The topological polar surface area (TPSA) is 105 Å². The number of piperazine rings is 1. The highest BCUT2D eigenvalue weighted by atomic mass is 32.2. The monoisotopic (exact) mass is 475 g/mol. The standard InChI is InChI=1S/C23H29N3O6S/c1-23(22(28)24-13-17-9-6-5-7-10-17)16-25(33(4,29)30)15-20(27)26(23)14-18-11-8-12-19(31-2)21(18)32-3/h5-12H,13-16H2,1-4H3,(H,24,28). The second kappa shape index (κ2) is 9.80. The molecule has 1 saturated heterocycles. The molecule has 0 aromatic heterocycles. The number of methoxy groups -OCH3 is 2. The van der Waals surface area contributed by atoms with Crippen molar-refractivity contribution < 1.29 is 27.5 Å². The van der Waals surface area contributed by atoms with Crippen molar-refractivity contribution in [3.05, 3.63) is 59.7 Å². The predicted octanol–water partition coefficient (Wildman–Crippen LogP) is 1.38. The van der Waals surface area contributed by atoms with Crippen LogP contribution in [0.2, 0.25) is 0 Å². The number of hydrogen-bond acceptors (Lipinski definition) is 6. The van der Waals surface area contributed by atoms with Gasteiger partial charge in [-0.15, -0.1) is 0 Å². The van der Waals surface area contributed by atoms with E-state index in [2.05, 4.69) is 5.32 Å². The third kappa shape index (κ3) is 5.28. The number of sulfonamides is 1. The molecule has 0 saturated carbocycles. The van der Waals surface area contributed by atoms with Gasteiger partial charge in [-0.25, -0.2) is 8.42 Å². The molecule has 1 fully saturated rings. The zero-order valence-corrected chi connectivity index (χ0v) is 20.0. The van der Waals surface area contributed by atoms with E-state index in [0.29, 0.717) is 17.1 Å². The molecule has 0 aliphatic carbocycles. The number of ether oxygens (including phenoxy) is 2. The van der Waals surface area contributed by atoms with E-state index in [1.165, 1.54) is 19.1 Å². The lowest BCUT2D eigenvalue weighted by Gasteiger charge is -2.46. The van der Waals surface area contributed by atoms with Crippen LogP contribution >= 0.6 is 0 Å². The summed E-state index contributed by atoms with van der Waals surface area (Å²) in [6.07, 6.45) is 1.03. The fourth-order valence-electron chi connectivity index (χ4n) is 3.90. The van der Waals surface area contributed by atoms with Gasteiger partial charge in [0.1, 0.15) is 5.54 Å². The van der Waals surface area contributed by atoms with Gasteiger partial charge in [0.25, 0.3) is 0 Å². The van der Waals surface area contributed by atoms with Gasteiger partial charge in [0.2, 0.25) is 21.8 Å². The molecule has 1 N–H and O–H groups in total. The van der Waals surface area contributed by atoms with Crippen LogP contribution in [0.3, 0.4) is 0 Å². The summed E-state index contributed by atoms with van der Waals surface area (Å²) in [6, 6.07) is 14.6. The number of amides is 2. The van der Waals surface area contributed by atoms with E-state index in [9.17, 15) is 18.0 Å². The molecule has 2 aromatic rings. The third-order valence-corrected chi connectivity index (χ3v) is 6.96. The summed E-state index contributed by atoms with van der Waals surface area (Å²) in [6.45, 7) is 1.37. The number of nitrogens with one attached hydrogen (secondary N) is 1. The Kier molecular flexibility index (Phi) is 7.28. The molecule has 0 bridgehead atoms. The van der Waals surface area contributed by atoms with Crippen molar-refractivity contribution >= 4 is 21.8 Å². The molecule has 1 aliphatic rings. The number of carbonyl (C=O) groups is 2. The Morgan fingerprint density at radius 1 is 1.09 bits per heavy atom. The van der Waals surface area contributed by atoms with E-state index in [4.69, 9.17) is 9.47 Å². The molecule has 1 atom stereocenters. The number of rotatable bonds is 8. The molecule has 1 heterocycles. The molecule has 2 aromatic carbocycles. The minimum absolute atomic E-state index is 0.0477. The molecule has 2 amide bonds. The molecule has 33 heavy (non-hydrogen) atoms. The molecule has 0 spiro atoms. The summed E-state index contributed by atoms with van der Waals surface area (Å²) in [7, 11) is -0.680. The van der Waals surface area contributed by atoms with Crippen LogP contribution in [-0.4, -0.2) is 68.5 Å². The molecule has 9 nitrogen and oxygen atoms in total. The maximum atomic E-state index is 13.4. The van der Waals surface area contributed by atoms with Crippen molar-refractivity contribution in [1.29, 1.82) is 0 Å². The average Bonchev–Trinajstić information content (AvgIpc) is 2.79. The summed E-state index contributed by atoms with van der Waals surface area (Å²) in [5.41, 5.74) is 0.0824. The van der Waals surface area contributed by atoms with Crippen molar-refractivity contribution in [2.24, 2.45) is 0 Å². The van der Waals surface area contributed by atoms with Crippen molar-refractivity contribution in [1.82, 2.24) is 14.5 Å². The number of benzene rings is 2. The van der Waals surface area contributed by atoms with E-state index >= 15 is 0 Å². The minimum Gasteiger partial charge on any atom is -0.493 e. The molecule has 1 unspecified atom stereocenters. The predicted molar refractivity (Wildman–Crippen MR) is 123 cm³/mol. The first-order chi connectivity index (χ1) is 15.6. The van der Waals surface area contributed by atoms with Crippen molar-refractivity contribution in [2.75, 3.05) is 33.6 Å². The molecular formula is C23H29N3O6S. The second-order valence-electron chi connectivity index (χ2n) is 8.11. The molecule has 3 rings (SSSR count). The van der Waals surface area contributed by atoms with E-state index in [-0.39, 0.29) is 26.2 Å². The Morgan fingerprint density at radius 2 is 1.79 bits per heavy atom. The van der Waals surface area contributed by atoms with Gasteiger partial charge >= 0.3 is 0 Å². The van der Waals surface area contributed by atoms with Crippen molar-refractivity contribution in [3.8, 4) is 11.5 Å². The Labute approximate surface area is 194 Å². The van der Waals surface area contributed by atoms with E-state index in [0.717, 1.165) is 16.1 Å². The fraction of sp³-hybridized carbons (Fsp3) is 0.391. The lowest BCUT2D eigenvalue weighted by atomic mass is 9.94. The maximum absolute atomic E-state index is 13.4. The zero-order valence-electron chi connectivity index (χ0n) is 19.2. The van der Waals surface area contributed by atoms with Gasteiger partial charge in [-0.3, -0.25) is 9.59 Å². The van der Waals surface area contributed by atoms with Gasteiger partial charge in [-0.05, 0) is 18.6 Å². The van der Waals surface area contributed by atoms with Gasteiger partial charge < -0.3 is 19.7 Å². The second-order valence-corrected chi connectivity index (χ2v) is 10.1. The van der Waals surface area contributed by atoms with Crippen LogP contribution in [0.15, 0.2) is 48.5 Å². The van der Waals surface area contributed by atoms with Crippen LogP contribution in [0.4, 0.5) is 0 Å². The Bertz CT molecular complexity index is 1120. The first kappa shape index (κ1) is 24.5. The fourth-order valence-corrected chi connectivity index (χ4v) is 4.74. The maximum Gasteiger partial charge on any atom is 0.247 e. The van der Waals surface area contributed by atoms with Crippen LogP contribution < -0.4 is 14.8 Å². The van der Waals surface area contributed by atoms with E-state index in [1.54, 1.807) is 25.1 Å². The van der Waals surface area contributed by atoms with Crippen LogP contribution in [-0.2, 0) is 32.7 Å². The molecule has 0 radical (unpaired) electrons. The molecular weight excluding hydrogens is 446 g/mol. The number of para-hydroxylation sites is 1. The highest BCUT2D eigenvalue weighted by Crippen LogP contribution is 2.34. The van der Waals surface area contributed by atoms with Gasteiger partial charge in [-0.2, -0.15) is 4.31 Å². The first-order valence-electron chi connectivity index (χ1n) is 10.4. The van der Waals surface area contributed by atoms with Gasteiger partial charge in [-0.1, -0.05) is 42.5 Å². The number of nitrogens with zero attached hydrogens (tertiary/aromatic N) is 2. The number of carbonyl (C=O) groups excluding carboxylic acids is 2. The van der Waals surface area contributed by atoms with Gasteiger partial charge in [0.15, 0.2) is 11.5 Å². The summed E-state index contributed by atoms with van der Waals surface area (Å²) >= 11 is 0. The lowest BCUT2D eigenvalue weighted by molar-refractivity contribution is -0.153. The van der Waals surface area contributed by atoms with E-state index in [1.807, 2.05) is 30.3 Å². The Balaban J connectivity index is 1.95. The normalized spacial score (nSPS) is 19.3. The molecule has 1 aliphatic heterocycles. The Hall–Kier alpha value is -3.11. The first-order valence-corrected chi connectivity index (χ1v) is 12.2. The average molecular weight is 476 g/mol. The van der Waals surface area contributed by atoms with Crippen molar-refractivity contribution in [2.45, 2.75) is 25.6 Å². The Morgan fingerprint density at radius 3 is 2.39 bits per heavy atom. The van der Waals surface area contributed by atoms with Crippen LogP contribution in [0.1, 0.15) is 18.1 Å². The minimum atomic E-state index is -3.69. The van der Waals surface area contributed by atoms with Crippen LogP contribution in [0.5, 0.6) is 11.5 Å². The smallest absolute Gasteiger partial charge is 0.247 e. The summed E-state index contributed by atoms with van der Waals surface area (Å²) < 4.78 is 36.4. The van der Waals surface area contributed by atoms with Crippen LogP contribution in [0, 0.1) is 0 Å². The van der Waals surface area contributed by atoms with Gasteiger partial charge in [0.05, 0.1) is 33.6 Å². The van der Waals surface area contributed by atoms with Gasteiger partial charge in [0, 0.05) is 18.7 Å². The largest absolute Gasteiger partial charge is 0.493 e. The summed E-state index contributed by atoms with van der Waals surface area (Å²) in [4.78, 5) is 28.0. The molecule has 10 heteroatoms.